The summed E-state index contributed by atoms with van der Waals surface area (Å²) in [7, 11) is 0. The molecule has 1 N–H and O–H groups in total. The van der Waals surface area contributed by atoms with E-state index in [1.165, 1.54) is 30.8 Å². The maximum atomic E-state index is 12.5. The summed E-state index contributed by atoms with van der Waals surface area (Å²) in [6, 6.07) is 8.68. The van der Waals surface area contributed by atoms with Crippen molar-refractivity contribution in [1.82, 2.24) is 19.4 Å². The first-order valence-corrected chi connectivity index (χ1v) is 12.8. The van der Waals surface area contributed by atoms with E-state index in [9.17, 15) is 4.79 Å². The normalized spacial score (nSPS) is 15.6. The van der Waals surface area contributed by atoms with Crippen LogP contribution in [0.15, 0.2) is 40.2 Å². The highest BCUT2D eigenvalue weighted by molar-refractivity contribution is 8.00. The van der Waals surface area contributed by atoms with E-state index in [0.717, 1.165) is 16.6 Å². The predicted molar refractivity (Wildman–Crippen MR) is 139 cm³/mol. The van der Waals surface area contributed by atoms with Gasteiger partial charge in [-0.15, -0.1) is 11.8 Å². The third-order valence-corrected chi connectivity index (χ3v) is 7.80. The summed E-state index contributed by atoms with van der Waals surface area (Å²) in [6.45, 7) is 12.9. The Morgan fingerprint density at radius 3 is 2.48 bits per heavy atom. The fourth-order valence-corrected chi connectivity index (χ4v) is 5.73. The first kappa shape index (κ1) is 24.0. The van der Waals surface area contributed by atoms with Crippen LogP contribution in [0.3, 0.4) is 0 Å². The molecular formula is C25H32ClN5OS. The molecule has 0 unspecified atom stereocenters. The first-order chi connectivity index (χ1) is 15.7. The van der Waals surface area contributed by atoms with Gasteiger partial charge in [-0.25, -0.2) is 4.98 Å². The van der Waals surface area contributed by atoms with Crippen molar-refractivity contribution in [3.8, 4) is 0 Å². The largest absolute Gasteiger partial charge is 0.324 e. The minimum absolute atomic E-state index is 0.0631. The molecule has 2 aromatic heterocycles. The van der Waals surface area contributed by atoms with Gasteiger partial charge in [0.05, 0.1) is 0 Å². The lowest BCUT2D eigenvalue weighted by atomic mass is 10.1. The number of nitrogens with one attached hydrogen (secondary N) is 1. The molecule has 6 nitrogen and oxygen atoms in total. The molecule has 1 saturated heterocycles. The maximum Gasteiger partial charge on any atom is 0.271 e. The number of fused-ring (bicyclic) bond motifs is 1. The van der Waals surface area contributed by atoms with Crippen molar-refractivity contribution < 1.29 is 0 Å². The second kappa shape index (κ2) is 10.0. The Morgan fingerprint density at radius 2 is 1.85 bits per heavy atom. The second-order valence-electron chi connectivity index (χ2n) is 9.28. The van der Waals surface area contributed by atoms with Crippen molar-refractivity contribution in [1.29, 1.82) is 0 Å². The van der Waals surface area contributed by atoms with Crippen LogP contribution in [0, 0.1) is 6.92 Å². The number of hydrogen-bond donors (Lipinski definition) is 1. The maximum absolute atomic E-state index is 12.5. The van der Waals surface area contributed by atoms with E-state index in [2.05, 4.69) is 59.2 Å². The quantitative estimate of drug-likeness (QED) is 0.459. The number of hydrogen-bond acceptors (Lipinski definition) is 6. The van der Waals surface area contributed by atoms with Crippen LogP contribution in [-0.4, -0.2) is 43.8 Å². The van der Waals surface area contributed by atoms with Gasteiger partial charge in [-0.05, 0) is 90.4 Å². The summed E-state index contributed by atoms with van der Waals surface area (Å²) < 4.78 is 1.61. The fraction of sp³-hybridized carbons (Fsp3) is 0.480. The van der Waals surface area contributed by atoms with E-state index >= 15 is 0 Å². The monoisotopic (exact) mass is 485 g/mol. The van der Waals surface area contributed by atoms with Crippen LogP contribution < -0.4 is 10.9 Å². The smallest absolute Gasteiger partial charge is 0.271 e. The van der Waals surface area contributed by atoms with Crippen molar-refractivity contribution in [3.05, 3.63) is 51.4 Å². The molecule has 33 heavy (non-hydrogen) atoms. The number of benzene rings is 1. The van der Waals surface area contributed by atoms with Gasteiger partial charge in [-0.3, -0.25) is 9.36 Å². The van der Waals surface area contributed by atoms with Gasteiger partial charge < -0.3 is 10.2 Å². The molecule has 0 aliphatic carbocycles. The minimum Gasteiger partial charge on any atom is -0.324 e. The van der Waals surface area contributed by atoms with Crippen molar-refractivity contribution in [3.63, 3.8) is 0 Å². The topological polar surface area (TPSA) is 63.1 Å². The van der Waals surface area contributed by atoms with Crippen LogP contribution in [-0.2, 0) is 0 Å². The van der Waals surface area contributed by atoms with Gasteiger partial charge >= 0.3 is 0 Å². The van der Waals surface area contributed by atoms with Crippen LogP contribution in [0.4, 0.5) is 11.6 Å². The Bertz CT molecular complexity index is 1200. The van der Waals surface area contributed by atoms with Crippen LogP contribution in [0.1, 0.15) is 52.1 Å². The van der Waals surface area contributed by atoms with Gasteiger partial charge in [0.2, 0.25) is 5.95 Å². The summed E-state index contributed by atoms with van der Waals surface area (Å²) in [5, 5.41) is 4.92. The van der Waals surface area contributed by atoms with Gasteiger partial charge in [-0.2, -0.15) is 4.98 Å². The highest BCUT2D eigenvalue weighted by Crippen LogP contribution is 2.33. The number of aryl methyl sites for hydroxylation is 1. The fourth-order valence-electron chi connectivity index (χ4n) is 4.30. The van der Waals surface area contributed by atoms with Crippen LogP contribution in [0.5, 0.6) is 0 Å². The van der Waals surface area contributed by atoms with Gasteiger partial charge in [-0.1, -0.05) is 11.6 Å². The molecule has 3 heterocycles. The molecule has 0 amide bonds. The molecule has 3 aromatic rings. The van der Waals surface area contributed by atoms with E-state index in [1.54, 1.807) is 16.8 Å². The van der Waals surface area contributed by atoms with Gasteiger partial charge in [0.15, 0.2) is 0 Å². The molecule has 0 saturated carbocycles. The molecule has 176 valence electrons. The Kier molecular flexibility index (Phi) is 7.31. The Morgan fingerprint density at radius 1 is 1.12 bits per heavy atom. The van der Waals surface area contributed by atoms with Gasteiger partial charge in [0.1, 0.15) is 10.7 Å². The number of nitrogens with zero attached hydrogens (tertiary/aromatic N) is 4. The molecule has 0 spiro atoms. The van der Waals surface area contributed by atoms with Crippen molar-refractivity contribution in [2.24, 2.45) is 0 Å². The Labute approximate surface area is 204 Å². The average molecular weight is 486 g/mol. The zero-order valence-electron chi connectivity index (χ0n) is 19.9. The van der Waals surface area contributed by atoms with Crippen LogP contribution in [0.2, 0.25) is 5.02 Å². The van der Waals surface area contributed by atoms with Gasteiger partial charge in [0, 0.05) is 39.5 Å². The zero-order chi connectivity index (χ0) is 23.7. The van der Waals surface area contributed by atoms with E-state index in [4.69, 9.17) is 11.6 Å². The number of thioether (sulfide) groups is 1. The van der Waals surface area contributed by atoms with Crippen molar-refractivity contribution in [2.75, 3.05) is 18.4 Å². The molecular weight excluding hydrogens is 454 g/mol. The number of pyridine rings is 1. The van der Waals surface area contributed by atoms with E-state index in [-0.39, 0.29) is 16.6 Å². The summed E-state index contributed by atoms with van der Waals surface area (Å²) >= 11 is 8.11. The Hall–Kier alpha value is -2.09. The second-order valence-corrected chi connectivity index (χ2v) is 11.1. The lowest BCUT2D eigenvalue weighted by Gasteiger charge is -2.34. The third-order valence-electron chi connectivity index (χ3n) is 6.20. The molecule has 0 radical (unpaired) electrons. The van der Waals surface area contributed by atoms with Crippen LogP contribution >= 0.6 is 23.4 Å². The van der Waals surface area contributed by atoms with Crippen molar-refractivity contribution >= 4 is 46.0 Å². The molecule has 1 aliphatic rings. The number of likely N-dealkylation sites (tertiary alicyclic amines) is 1. The number of anilines is 2. The standard InChI is InChI=1S/C25H32ClN5OS/c1-15(2)30-10-8-19(9-11-30)33-20-6-7-22(17(5)12-20)28-25-27-14-18-13-21(26)24(32)31(16(3)4)23(18)29-25/h6-7,12-16,19H,8-11H2,1-5H3,(H,27,28,29). The number of halogens is 1. The lowest BCUT2D eigenvalue weighted by Crippen LogP contribution is -2.39. The summed E-state index contributed by atoms with van der Waals surface area (Å²) in [5.74, 6) is 0.461. The first-order valence-electron chi connectivity index (χ1n) is 11.6. The molecule has 1 fully saturated rings. The number of aromatic nitrogens is 3. The molecule has 8 heteroatoms. The highest BCUT2D eigenvalue weighted by Gasteiger charge is 2.21. The highest BCUT2D eigenvalue weighted by atomic mass is 35.5. The van der Waals surface area contributed by atoms with E-state index in [1.807, 2.05) is 25.6 Å². The molecule has 0 bridgehead atoms. The third kappa shape index (κ3) is 5.36. The van der Waals surface area contributed by atoms with E-state index < -0.39 is 0 Å². The van der Waals surface area contributed by atoms with Gasteiger partial charge in [0.25, 0.3) is 5.56 Å². The minimum atomic E-state index is -0.236. The predicted octanol–water partition coefficient (Wildman–Crippen LogP) is 6.04. The molecule has 1 aliphatic heterocycles. The van der Waals surface area contributed by atoms with E-state index in [0.29, 0.717) is 22.9 Å². The SMILES string of the molecule is Cc1cc(SC2CCN(C(C)C)CC2)ccc1Nc1ncc2cc(Cl)c(=O)n(C(C)C)c2n1. The molecule has 1 aromatic carbocycles. The number of rotatable bonds is 6. The summed E-state index contributed by atoms with van der Waals surface area (Å²) in [6.07, 6.45) is 4.17. The molecule has 4 rings (SSSR count). The summed E-state index contributed by atoms with van der Waals surface area (Å²) in [5.41, 5.74) is 2.44. The zero-order valence-corrected chi connectivity index (χ0v) is 21.5. The molecule has 0 atom stereocenters. The van der Waals surface area contributed by atoms with Crippen molar-refractivity contribution in [2.45, 2.75) is 69.7 Å². The average Bonchev–Trinajstić information content (AvgIpc) is 2.77. The summed E-state index contributed by atoms with van der Waals surface area (Å²) in [4.78, 5) is 25.5. The van der Waals surface area contributed by atoms with Crippen LogP contribution in [0.25, 0.3) is 11.0 Å². The Balaban J connectivity index is 1.51. The number of piperidine rings is 1. The lowest BCUT2D eigenvalue weighted by molar-refractivity contribution is 0.188.